The Morgan fingerprint density at radius 1 is 1.21 bits per heavy atom. The molecular weight excluding hydrogens is 320 g/mol. The maximum Gasteiger partial charge on any atom is 0.193 e. The molecule has 0 unspecified atom stereocenters. The predicted molar refractivity (Wildman–Crippen MR) is 98.2 cm³/mol. The van der Waals surface area contributed by atoms with E-state index in [0.29, 0.717) is 17.2 Å². The third kappa shape index (κ3) is 3.08. The molecule has 2 aromatic heterocycles. The number of benzene rings is 1. The largest absolute Gasteiger partial charge is 0.487 e. The standard InChI is InChI=1S/C19H22N2O2S/c1-11(2)17-8-14(20-21(17)5)10-22-15-6-7-16-12(3)13(4)19(24)23-18(16)9-15/h6-9,11H,10H2,1-5H3. The van der Waals surface area contributed by atoms with E-state index in [1.165, 1.54) is 5.69 Å². The van der Waals surface area contributed by atoms with Gasteiger partial charge in [-0.1, -0.05) is 13.8 Å². The minimum atomic E-state index is 0.428. The number of hydrogen-bond acceptors (Lipinski definition) is 4. The van der Waals surface area contributed by atoms with E-state index in [9.17, 15) is 0 Å². The molecule has 0 aliphatic carbocycles. The Kier molecular flexibility index (Phi) is 4.45. The molecule has 4 nitrogen and oxygen atoms in total. The van der Waals surface area contributed by atoms with Crippen LogP contribution in [0.3, 0.4) is 0 Å². The van der Waals surface area contributed by atoms with E-state index < -0.39 is 0 Å². The molecule has 0 aliphatic rings. The zero-order valence-electron chi connectivity index (χ0n) is 14.7. The first kappa shape index (κ1) is 16.7. The summed E-state index contributed by atoms with van der Waals surface area (Å²) in [4.78, 5) is 0. The lowest BCUT2D eigenvalue weighted by atomic mass is 10.1. The van der Waals surface area contributed by atoms with Crippen molar-refractivity contribution in [2.24, 2.45) is 7.05 Å². The quantitative estimate of drug-likeness (QED) is 0.610. The molecule has 0 bridgehead atoms. The molecule has 0 aliphatic heterocycles. The van der Waals surface area contributed by atoms with E-state index >= 15 is 0 Å². The van der Waals surface area contributed by atoms with E-state index in [4.69, 9.17) is 21.4 Å². The van der Waals surface area contributed by atoms with Crippen molar-refractivity contribution in [2.75, 3.05) is 0 Å². The van der Waals surface area contributed by atoms with Crippen molar-refractivity contribution in [3.63, 3.8) is 0 Å². The smallest absolute Gasteiger partial charge is 0.193 e. The highest BCUT2D eigenvalue weighted by Gasteiger charge is 2.10. The summed E-state index contributed by atoms with van der Waals surface area (Å²) in [5, 5.41) is 5.56. The fourth-order valence-electron chi connectivity index (χ4n) is 2.83. The van der Waals surface area contributed by atoms with Crippen LogP contribution in [0.1, 0.15) is 42.3 Å². The number of aromatic nitrogens is 2. The first-order valence-electron chi connectivity index (χ1n) is 8.06. The Morgan fingerprint density at radius 3 is 2.62 bits per heavy atom. The molecule has 0 atom stereocenters. The lowest BCUT2D eigenvalue weighted by Crippen LogP contribution is -2.00. The Hall–Kier alpha value is -2.14. The van der Waals surface area contributed by atoms with Gasteiger partial charge in [0.1, 0.15) is 23.6 Å². The van der Waals surface area contributed by atoms with Crippen LogP contribution in [-0.4, -0.2) is 9.78 Å². The maximum atomic E-state index is 5.89. The van der Waals surface area contributed by atoms with E-state index in [2.05, 4.69) is 31.9 Å². The van der Waals surface area contributed by atoms with Crippen LogP contribution in [0.4, 0.5) is 0 Å². The third-order valence-corrected chi connectivity index (χ3v) is 4.76. The molecule has 0 fully saturated rings. The maximum absolute atomic E-state index is 5.89. The highest BCUT2D eigenvalue weighted by molar-refractivity contribution is 7.71. The summed E-state index contributed by atoms with van der Waals surface area (Å²) in [7, 11) is 1.96. The normalized spacial score (nSPS) is 11.4. The summed E-state index contributed by atoms with van der Waals surface area (Å²) in [6.07, 6.45) is 0. The molecule has 5 heteroatoms. The minimum Gasteiger partial charge on any atom is -0.487 e. The molecule has 24 heavy (non-hydrogen) atoms. The van der Waals surface area contributed by atoms with Gasteiger partial charge in [-0.3, -0.25) is 4.68 Å². The van der Waals surface area contributed by atoms with Gasteiger partial charge in [0.25, 0.3) is 0 Å². The summed E-state index contributed by atoms with van der Waals surface area (Å²) in [6.45, 7) is 8.79. The number of nitrogens with zero attached hydrogens (tertiary/aromatic N) is 2. The van der Waals surface area contributed by atoms with Gasteiger partial charge in [0.2, 0.25) is 0 Å². The van der Waals surface area contributed by atoms with Crippen LogP contribution in [0.5, 0.6) is 5.75 Å². The van der Waals surface area contributed by atoms with Crippen LogP contribution in [0.15, 0.2) is 28.7 Å². The minimum absolute atomic E-state index is 0.428. The zero-order valence-corrected chi connectivity index (χ0v) is 15.5. The highest BCUT2D eigenvalue weighted by atomic mass is 32.1. The molecule has 3 aromatic rings. The lowest BCUT2D eigenvalue weighted by molar-refractivity contribution is 0.300. The van der Waals surface area contributed by atoms with Crippen LogP contribution in [0.25, 0.3) is 11.0 Å². The monoisotopic (exact) mass is 342 g/mol. The number of fused-ring (bicyclic) bond motifs is 1. The number of ether oxygens (including phenoxy) is 1. The van der Waals surface area contributed by atoms with Crippen LogP contribution in [0, 0.1) is 18.6 Å². The number of hydrogen-bond donors (Lipinski definition) is 0. The molecule has 0 saturated carbocycles. The Bertz CT molecular complexity index is 954. The fraction of sp³-hybridized carbons (Fsp3) is 0.368. The molecule has 126 valence electrons. The summed E-state index contributed by atoms with van der Waals surface area (Å²) in [6, 6.07) is 7.96. The summed E-state index contributed by atoms with van der Waals surface area (Å²) < 4.78 is 14.1. The molecule has 2 heterocycles. The van der Waals surface area contributed by atoms with Crippen molar-refractivity contribution < 1.29 is 9.15 Å². The van der Waals surface area contributed by atoms with E-state index in [1.54, 1.807) is 0 Å². The zero-order chi connectivity index (χ0) is 17.4. The van der Waals surface area contributed by atoms with Crippen molar-refractivity contribution in [2.45, 2.75) is 40.2 Å². The molecule has 3 rings (SSSR count). The van der Waals surface area contributed by atoms with Crippen molar-refractivity contribution in [1.29, 1.82) is 0 Å². The van der Waals surface area contributed by atoms with Crippen LogP contribution in [0.2, 0.25) is 0 Å². The molecular formula is C19H22N2O2S. The van der Waals surface area contributed by atoms with Crippen molar-refractivity contribution in [1.82, 2.24) is 9.78 Å². The Balaban J connectivity index is 1.84. The first-order valence-corrected chi connectivity index (χ1v) is 8.47. The van der Waals surface area contributed by atoms with Gasteiger partial charge in [0.05, 0.1) is 0 Å². The van der Waals surface area contributed by atoms with Crippen LogP contribution >= 0.6 is 12.2 Å². The molecule has 0 N–H and O–H groups in total. The number of aryl methyl sites for hydroxylation is 2. The second-order valence-electron chi connectivity index (χ2n) is 6.43. The van der Waals surface area contributed by atoms with Crippen LogP contribution in [-0.2, 0) is 13.7 Å². The molecule has 0 amide bonds. The van der Waals surface area contributed by atoms with Crippen molar-refractivity contribution in [3.05, 3.63) is 51.5 Å². The molecule has 0 spiro atoms. The van der Waals surface area contributed by atoms with Gasteiger partial charge in [-0.25, -0.2) is 0 Å². The van der Waals surface area contributed by atoms with Gasteiger partial charge >= 0.3 is 0 Å². The topological polar surface area (TPSA) is 40.2 Å². The third-order valence-electron chi connectivity index (χ3n) is 4.37. The average molecular weight is 342 g/mol. The SMILES string of the molecule is Cc1c(C)c2ccc(OCc3cc(C(C)C)n(C)n3)cc2oc1=S. The second-order valence-corrected chi connectivity index (χ2v) is 6.80. The van der Waals surface area contributed by atoms with Crippen LogP contribution < -0.4 is 4.74 Å². The summed E-state index contributed by atoms with van der Waals surface area (Å²) in [5.41, 5.74) is 5.04. The van der Waals surface area contributed by atoms with Gasteiger partial charge < -0.3 is 9.15 Å². The van der Waals surface area contributed by atoms with Gasteiger partial charge in [-0.15, -0.1) is 0 Å². The summed E-state index contributed by atoms with van der Waals surface area (Å²) in [5.74, 6) is 1.19. The highest BCUT2D eigenvalue weighted by Crippen LogP contribution is 2.27. The van der Waals surface area contributed by atoms with Gasteiger partial charge in [-0.2, -0.15) is 5.10 Å². The van der Waals surface area contributed by atoms with E-state index in [-0.39, 0.29) is 0 Å². The first-order chi connectivity index (χ1) is 11.4. The van der Waals surface area contributed by atoms with Gasteiger partial charge in [-0.05, 0) is 55.7 Å². The van der Waals surface area contributed by atoms with Gasteiger partial charge in [0, 0.05) is 29.8 Å². The predicted octanol–water partition coefficient (Wildman–Crippen LogP) is 5.22. The van der Waals surface area contributed by atoms with E-state index in [1.807, 2.05) is 36.9 Å². The lowest BCUT2D eigenvalue weighted by Gasteiger charge is -2.08. The summed E-state index contributed by atoms with van der Waals surface area (Å²) >= 11 is 5.27. The van der Waals surface area contributed by atoms with E-state index in [0.717, 1.165) is 33.5 Å². The average Bonchev–Trinajstić information content (AvgIpc) is 2.92. The molecule has 1 aromatic carbocycles. The van der Waals surface area contributed by atoms with Gasteiger partial charge in [0.15, 0.2) is 4.71 Å². The Morgan fingerprint density at radius 2 is 1.96 bits per heavy atom. The van der Waals surface area contributed by atoms with Crippen molar-refractivity contribution >= 4 is 23.2 Å². The number of rotatable bonds is 4. The fourth-order valence-corrected chi connectivity index (χ4v) is 3.07. The van der Waals surface area contributed by atoms with Crippen molar-refractivity contribution in [3.8, 4) is 5.75 Å². The Labute approximate surface area is 147 Å². The second kappa shape index (κ2) is 6.40. The molecule has 0 radical (unpaired) electrons. The molecule has 0 saturated heterocycles.